The van der Waals surface area contributed by atoms with E-state index in [2.05, 4.69) is 25.7 Å². The molecular formula is C12H27NO. The molecule has 0 rings (SSSR count). The zero-order chi connectivity index (χ0) is 11.0. The van der Waals surface area contributed by atoms with E-state index in [9.17, 15) is 5.11 Å². The van der Waals surface area contributed by atoms with Gasteiger partial charge in [0.15, 0.2) is 0 Å². The summed E-state index contributed by atoms with van der Waals surface area (Å²) in [6.45, 7) is 10.8. The minimum atomic E-state index is -0.164. The van der Waals surface area contributed by atoms with Crippen molar-refractivity contribution in [1.82, 2.24) is 4.90 Å². The van der Waals surface area contributed by atoms with Crippen LogP contribution in [0.25, 0.3) is 0 Å². The maximum Gasteiger partial charge on any atom is 0.0524 e. The molecule has 0 aliphatic carbocycles. The number of hydrogen-bond acceptors (Lipinski definition) is 2. The van der Waals surface area contributed by atoms with E-state index in [4.69, 9.17) is 0 Å². The Balaban J connectivity index is 3.84. The van der Waals surface area contributed by atoms with Gasteiger partial charge in [-0.2, -0.15) is 0 Å². The fourth-order valence-corrected chi connectivity index (χ4v) is 1.52. The Morgan fingerprint density at radius 2 is 1.79 bits per heavy atom. The minimum absolute atomic E-state index is 0.164. The van der Waals surface area contributed by atoms with Crippen molar-refractivity contribution in [3.63, 3.8) is 0 Å². The second-order valence-corrected chi connectivity index (χ2v) is 4.28. The van der Waals surface area contributed by atoms with Gasteiger partial charge in [0.2, 0.25) is 0 Å². The van der Waals surface area contributed by atoms with Gasteiger partial charge in [-0.3, -0.25) is 0 Å². The molecule has 0 heterocycles. The molecule has 0 saturated carbocycles. The van der Waals surface area contributed by atoms with Crippen molar-refractivity contribution in [2.45, 2.75) is 65.5 Å². The molecule has 2 nitrogen and oxygen atoms in total. The molecule has 0 radical (unpaired) electrons. The molecule has 2 unspecified atom stereocenters. The van der Waals surface area contributed by atoms with Crippen molar-refractivity contribution in [2.24, 2.45) is 0 Å². The Kier molecular flexibility index (Phi) is 8.20. The molecule has 1 N–H and O–H groups in total. The molecule has 0 aromatic rings. The fourth-order valence-electron chi connectivity index (χ4n) is 1.52. The van der Waals surface area contributed by atoms with Crippen LogP contribution in [0.2, 0.25) is 0 Å². The lowest BCUT2D eigenvalue weighted by atomic mass is 10.1. The fraction of sp³-hybridized carbons (Fsp3) is 1.00. The molecule has 0 bridgehead atoms. The van der Waals surface area contributed by atoms with Gasteiger partial charge in [0.1, 0.15) is 0 Å². The lowest BCUT2D eigenvalue weighted by molar-refractivity contribution is 0.135. The van der Waals surface area contributed by atoms with Gasteiger partial charge in [-0.1, -0.05) is 20.3 Å². The number of nitrogens with zero attached hydrogens (tertiary/aromatic N) is 1. The summed E-state index contributed by atoms with van der Waals surface area (Å²) in [6.07, 6.45) is 4.45. The van der Waals surface area contributed by atoms with Crippen molar-refractivity contribution in [3.8, 4) is 0 Å². The maximum atomic E-state index is 9.25. The quantitative estimate of drug-likeness (QED) is 0.652. The Labute approximate surface area is 89.3 Å². The molecule has 2 atom stereocenters. The Morgan fingerprint density at radius 3 is 2.21 bits per heavy atom. The van der Waals surface area contributed by atoms with Gasteiger partial charge in [-0.15, -0.1) is 0 Å². The zero-order valence-corrected chi connectivity index (χ0v) is 10.3. The molecule has 86 valence electrons. The van der Waals surface area contributed by atoms with Crippen molar-refractivity contribution < 1.29 is 5.11 Å². The predicted molar refractivity (Wildman–Crippen MR) is 62.5 cm³/mol. The number of hydrogen-bond donors (Lipinski definition) is 1. The lowest BCUT2D eigenvalue weighted by Crippen LogP contribution is -2.35. The average molecular weight is 201 g/mol. The molecule has 0 saturated heterocycles. The van der Waals surface area contributed by atoms with Crippen molar-refractivity contribution in [3.05, 3.63) is 0 Å². The molecule has 0 amide bonds. The summed E-state index contributed by atoms with van der Waals surface area (Å²) < 4.78 is 0. The van der Waals surface area contributed by atoms with Crippen LogP contribution in [0.4, 0.5) is 0 Å². The summed E-state index contributed by atoms with van der Waals surface area (Å²) in [7, 11) is 0. The summed E-state index contributed by atoms with van der Waals surface area (Å²) >= 11 is 0. The van der Waals surface area contributed by atoms with Crippen LogP contribution in [0.3, 0.4) is 0 Å². The maximum absolute atomic E-state index is 9.25. The standard InChI is InChI=1S/C12H27NO/c1-5-7-9-13(11(3)6-2)10-8-12(4)14/h11-12,14H,5-10H2,1-4H3. The van der Waals surface area contributed by atoms with Gasteiger partial charge in [0.05, 0.1) is 6.10 Å². The van der Waals surface area contributed by atoms with Gasteiger partial charge >= 0.3 is 0 Å². The van der Waals surface area contributed by atoms with E-state index in [1.165, 1.54) is 25.8 Å². The first kappa shape index (κ1) is 13.9. The summed E-state index contributed by atoms with van der Waals surface area (Å²) in [4.78, 5) is 2.50. The second kappa shape index (κ2) is 8.25. The molecule has 0 aromatic carbocycles. The van der Waals surface area contributed by atoms with Crippen LogP contribution in [0, 0.1) is 0 Å². The molecule has 0 aliphatic rings. The van der Waals surface area contributed by atoms with E-state index in [-0.39, 0.29) is 6.10 Å². The molecule has 2 heteroatoms. The first-order valence-electron chi connectivity index (χ1n) is 6.03. The third kappa shape index (κ3) is 6.39. The zero-order valence-electron chi connectivity index (χ0n) is 10.3. The van der Waals surface area contributed by atoms with Crippen molar-refractivity contribution in [2.75, 3.05) is 13.1 Å². The van der Waals surface area contributed by atoms with Crippen LogP contribution < -0.4 is 0 Å². The number of aliphatic hydroxyl groups excluding tert-OH is 1. The van der Waals surface area contributed by atoms with E-state index >= 15 is 0 Å². The van der Waals surface area contributed by atoms with Crippen LogP contribution in [0.5, 0.6) is 0 Å². The number of unbranched alkanes of at least 4 members (excludes halogenated alkanes) is 1. The van der Waals surface area contributed by atoms with E-state index in [1.807, 2.05) is 6.92 Å². The smallest absolute Gasteiger partial charge is 0.0524 e. The second-order valence-electron chi connectivity index (χ2n) is 4.28. The Morgan fingerprint density at radius 1 is 1.14 bits per heavy atom. The summed E-state index contributed by atoms with van der Waals surface area (Å²) in [5.74, 6) is 0. The summed E-state index contributed by atoms with van der Waals surface area (Å²) in [5, 5.41) is 9.25. The summed E-state index contributed by atoms with van der Waals surface area (Å²) in [6, 6.07) is 0.653. The Bertz CT molecular complexity index is 125. The van der Waals surface area contributed by atoms with Crippen LogP contribution in [-0.4, -0.2) is 35.2 Å². The van der Waals surface area contributed by atoms with E-state index < -0.39 is 0 Å². The molecule has 0 fully saturated rings. The lowest BCUT2D eigenvalue weighted by Gasteiger charge is -2.28. The molecular weight excluding hydrogens is 174 g/mol. The average Bonchev–Trinajstić information content (AvgIpc) is 2.16. The van der Waals surface area contributed by atoms with Gasteiger partial charge in [0.25, 0.3) is 0 Å². The first-order valence-corrected chi connectivity index (χ1v) is 6.03. The van der Waals surface area contributed by atoms with E-state index in [0.717, 1.165) is 13.0 Å². The molecule has 14 heavy (non-hydrogen) atoms. The highest BCUT2D eigenvalue weighted by atomic mass is 16.3. The monoisotopic (exact) mass is 201 g/mol. The molecule has 0 spiro atoms. The highest BCUT2D eigenvalue weighted by Crippen LogP contribution is 2.07. The SMILES string of the molecule is CCCCN(CCC(C)O)C(C)CC. The number of rotatable bonds is 8. The van der Waals surface area contributed by atoms with Crippen molar-refractivity contribution >= 4 is 0 Å². The Hall–Kier alpha value is -0.0800. The number of aliphatic hydroxyl groups is 1. The highest BCUT2D eigenvalue weighted by Gasteiger charge is 2.11. The van der Waals surface area contributed by atoms with Crippen LogP contribution in [0.1, 0.15) is 53.4 Å². The first-order chi connectivity index (χ1) is 6.61. The van der Waals surface area contributed by atoms with Gasteiger partial charge in [-0.05, 0) is 39.7 Å². The van der Waals surface area contributed by atoms with E-state index in [0.29, 0.717) is 6.04 Å². The third-order valence-corrected chi connectivity index (χ3v) is 2.85. The minimum Gasteiger partial charge on any atom is -0.393 e. The van der Waals surface area contributed by atoms with Crippen LogP contribution in [-0.2, 0) is 0 Å². The van der Waals surface area contributed by atoms with Gasteiger partial charge in [-0.25, -0.2) is 0 Å². The van der Waals surface area contributed by atoms with Crippen molar-refractivity contribution in [1.29, 1.82) is 0 Å². The normalized spacial score (nSPS) is 15.9. The highest BCUT2D eigenvalue weighted by molar-refractivity contribution is 4.66. The molecule has 0 aliphatic heterocycles. The van der Waals surface area contributed by atoms with Gasteiger partial charge < -0.3 is 10.0 Å². The third-order valence-electron chi connectivity index (χ3n) is 2.85. The van der Waals surface area contributed by atoms with Crippen LogP contribution >= 0.6 is 0 Å². The molecule has 0 aromatic heterocycles. The van der Waals surface area contributed by atoms with Crippen LogP contribution in [0.15, 0.2) is 0 Å². The van der Waals surface area contributed by atoms with E-state index in [1.54, 1.807) is 0 Å². The predicted octanol–water partition coefficient (Wildman–Crippen LogP) is 2.66. The van der Waals surface area contributed by atoms with Gasteiger partial charge in [0, 0.05) is 12.6 Å². The topological polar surface area (TPSA) is 23.5 Å². The largest absolute Gasteiger partial charge is 0.393 e. The summed E-state index contributed by atoms with van der Waals surface area (Å²) in [5.41, 5.74) is 0.